The molecule has 29 heavy (non-hydrogen) atoms. The molecule has 2 aromatic rings. The Morgan fingerprint density at radius 3 is 2.41 bits per heavy atom. The Labute approximate surface area is 173 Å². The summed E-state index contributed by atoms with van der Waals surface area (Å²) < 4.78 is 5.80. The number of rotatable bonds is 9. The third-order valence-electron chi connectivity index (χ3n) is 4.85. The van der Waals surface area contributed by atoms with Gasteiger partial charge in [0.05, 0.1) is 0 Å². The maximum absolute atomic E-state index is 12.4. The van der Waals surface area contributed by atoms with E-state index < -0.39 is 6.10 Å². The third-order valence-corrected chi connectivity index (χ3v) is 4.85. The van der Waals surface area contributed by atoms with E-state index in [-0.39, 0.29) is 17.9 Å². The largest absolute Gasteiger partial charge is 0.481 e. The Morgan fingerprint density at radius 2 is 1.72 bits per heavy atom. The van der Waals surface area contributed by atoms with E-state index >= 15 is 0 Å². The lowest BCUT2D eigenvalue weighted by Gasteiger charge is -2.16. The lowest BCUT2D eigenvalue weighted by molar-refractivity contribution is -0.127. The molecule has 0 radical (unpaired) electrons. The molecule has 2 rings (SSSR count). The van der Waals surface area contributed by atoms with Crippen molar-refractivity contribution >= 4 is 11.8 Å². The fourth-order valence-electron chi connectivity index (χ4n) is 2.77. The van der Waals surface area contributed by atoms with E-state index in [0.29, 0.717) is 23.8 Å². The maximum Gasteiger partial charge on any atom is 0.261 e. The molecule has 0 saturated carbocycles. The van der Waals surface area contributed by atoms with E-state index in [9.17, 15) is 9.59 Å². The van der Waals surface area contributed by atoms with Gasteiger partial charge in [0.2, 0.25) is 0 Å². The van der Waals surface area contributed by atoms with Gasteiger partial charge in [-0.3, -0.25) is 9.59 Å². The molecule has 5 nitrogen and oxygen atoms in total. The fourth-order valence-corrected chi connectivity index (χ4v) is 2.77. The summed E-state index contributed by atoms with van der Waals surface area (Å²) >= 11 is 0. The number of hydrogen-bond acceptors (Lipinski definition) is 3. The average molecular weight is 397 g/mol. The molecule has 0 bridgehead atoms. The molecule has 2 unspecified atom stereocenters. The number of nitrogens with one attached hydrogen (secondary N) is 2. The monoisotopic (exact) mass is 396 g/mol. The van der Waals surface area contributed by atoms with E-state index in [1.54, 1.807) is 19.1 Å². The first-order valence-corrected chi connectivity index (χ1v) is 10.2. The number of hydrogen-bond donors (Lipinski definition) is 2. The zero-order chi connectivity index (χ0) is 21.4. The van der Waals surface area contributed by atoms with Crippen molar-refractivity contribution in [1.82, 2.24) is 10.6 Å². The SMILES string of the molecule is CCC(C)NC(=O)c1cccc(CNC(=O)C(C)Oc2cccc(C(C)C)c2)c1. The van der Waals surface area contributed by atoms with Gasteiger partial charge in [0.15, 0.2) is 6.10 Å². The van der Waals surface area contributed by atoms with E-state index in [0.717, 1.165) is 12.0 Å². The van der Waals surface area contributed by atoms with Gasteiger partial charge in [-0.25, -0.2) is 0 Å². The summed E-state index contributed by atoms with van der Waals surface area (Å²) in [5, 5.41) is 5.83. The fraction of sp³-hybridized carbons (Fsp3) is 0.417. The summed E-state index contributed by atoms with van der Waals surface area (Å²) in [6.45, 7) is 10.3. The zero-order valence-electron chi connectivity index (χ0n) is 18.0. The van der Waals surface area contributed by atoms with Crippen molar-refractivity contribution in [3.05, 3.63) is 65.2 Å². The van der Waals surface area contributed by atoms with Crippen molar-refractivity contribution in [2.45, 2.75) is 65.6 Å². The summed E-state index contributed by atoms with van der Waals surface area (Å²) in [6, 6.07) is 15.2. The van der Waals surface area contributed by atoms with Gasteiger partial charge in [-0.15, -0.1) is 0 Å². The van der Waals surface area contributed by atoms with E-state index in [2.05, 4.69) is 24.5 Å². The Bertz CT molecular complexity index is 832. The Balaban J connectivity index is 1.92. The Kier molecular flexibility index (Phi) is 8.25. The normalized spacial score (nSPS) is 12.9. The van der Waals surface area contributed by atoms with E-state index in [1.165, 1.54) is 5.56 Å². The molecule has 0 aliphatic heterocycles. The maximum atomic E-state index is 12.4. The molecule has 5 heteroatoms. The van der Waals surface area contributed by atoms with E-state index in [1.807, 2.05) is 50.2 Å². The van der Waals surface area contributed by atoms with Crippen LogP contribution in [-0.4, -0.2) is 24.0 Å². The first kappa shape index (κ1) is 22.5. The van der Waals surface area contributed by atoms with Gasteiger partial charge in [-0.1, -0.05) is 45.0 Å². The highest BCUT2D eigenvalue weighted by Crippen LogP contribution is 2.21. The molecule has 156 valence electrons. The molecule has 0 aromatic heterocycles. The number of carbonyl (C=O) groups excluding carboxylic acids is 2. The molecule has 0 fully saturated rings. The van der Waals surface area contributed by atoms with Crippen LogP contribution in [0.3, 0.4) is 0 Å². The van der Waals surface area contributed by atoms with Gasteiger partial charge in [0, 0.05) is 18.2 Å². The van der Waals surface area contributed by atoms with Crippen LogP contribution in [-0.2, 0) is 11.3 Å². The minimum atomic E-state index is -0.616. The molecule has 0 aliphatic carbocycles. The molecule has 0 saturated heterocycles. The van der Waals surface area contributed by atoms with Crippen LogP contribution in [0.1, 0.15) is 68.4 Å². The summed E-state index contributed by atoms with van der Waals surface area (Å²) in [4.78, 5) is 24.7. The first-order chi connectivity index (χ1) is 13.8. The number of benzene rings is 2. The first-order valence-electron chi connectivity index (χ1n) is 10.2. The molecule has 2 atom stereocenters. The van der Waals surface area contributed by atoms with Crippen LogP contribution in [0.25, 0.3) is 0 Å². The zero-order valence-corrected chi connectivity index (χ0v) is 18.0. The van der Waals surface area contributed by atoms with Crippen LogP contribution in [0, 0.1) is 0 Å². The highest BCUT2D eigenvalue weighted by molar-refractivity contribution is 5.94. The standard InChI is InChI=1S/C24H32N2O3/c1-6-17(4)26-24(28)21-11-7-9-19(13-21)15-25-23(27)18(5)29-22-12-8-10-20(14-22)16(2)3/h7-14,16-18H,6,15H2,1-5H3,(H,25,27)(H,26,28). The Morgan fingerprint density at radius 1 is 1.00 bits per heavy atom. The molecular formula is C24H32N2O3. The summed E-state index contributed by atoms with van der Waals surface area (Å²) in [7, 11) is 0. The van der Waals surface area contributed by atoms with Crippen LogP contribution in [0.15, 0.2) is 48.5 Å². The summed E-state index contributed by atoms with van der Waals surface area (Å²) in [6.07, 6.45) is 0.258. The van der Waals surface area contributed by atoms with Crippen LogP contribution < -0.4 is 15.4 Å². The predicted molar refractivity (Wildman–Crippen MR) is 116 cm³/mol. The van der Waals surface area contributed by atoms with Crippen LogP contribution in [0.5, 0.6) is 5.75 Å². The van der Waals surface area contributed by atoms with Gasteiger partial charge >= 0.3 is 0 Å². The van der Waals surface area contributed by atoms with Crippen molar-refractivity contribution in [3.63, 3.8) is 0 Å². The number of carbonyl (C=O) groups is 2. The second-order valence-electron chi connectivity index (χ2n) is 7.69. The molecule has 0 heterocycles. The summed E-state index contributed by atoms with van der Waals surface area (Å²) in [5.41, 5.74) is 2.62. The van der Waals surface area contributed by atoms with Gasteiger partial charge in [0.1, 0.15) is 5.75 Å². The minimum absolute atomic E-state index is 0.103. The van der Waals surface area contributed by atoms with Crippen molar-refractivity contribution in [3.8, 4) is 5.75 Å². The van der Waals surface area contributed by atoms with Crippen LogP contribution in [0.2, 0.25) is 0 Å². The van der Waals surface area contributed by atoms with Crippen molar-refractivity contribution in [1.29, 1.82) is 0 Å². The highest BCUT2D eigenvalue weighted by atomic mass is 16.5. The van der Waals surface area contributed by atoms with Crippen LogP contribution in [0.4, 0.5) is 0 Å². The quantitative estimate of drug-likeness (QED) is 0.659. The lowest BCUT2D eigenvalue weighted by atomic mass is 10.0. The predicted octanol–water partition coefficient (Wildman–Crippen LogP) is 4.42. The van der Waals surface area contributed by atoms with Gasteiger partial charge in [0.25, 0.3) is 11.8 Å². The van der Waals surface area contributed by atoms with Crippen molar-refractivity contribution < 1.29 is 14.3 Å². The number of ether oxygens (including phenoxy) is 1. The topological polar surface area (TPSA) is 67.4 Å². The highest BCUT2D eigenvalue weighted by Gasteiger charge is 2.15. The third kappa shape index (κ3) is 6.93. The minimum Gasteiger partial charge on any atom is -0.481 e. The second kappa shape index (κ2) is 10.6. The van der Waals surface area contributed by atoms with Crippen molar-refractivity contribution in [2.75, 3.05) is 0 Å². The molecule has 2 amide bonds. The Hall–Kier alpha value is -2.82. The molecule has 2 N–H and O–H groups in total. The smallest absolute Gasteiger partial charge is 0.261 e. The second-order valence-corrected chi connectivity index (χ2v) is 7.69. The van der Waals surface area contributed by atoms with Gasteiger partial charge in [-0.05, 0) is 61.6 Å². The molecular weight excluding hydrogens is 364 g/mol. The van der Waals surface area contributed by atoms with E-state index in [4.69, 9.17) is 4.74 Å². The number of amides is 2. The molecule has 2 aromatic carbocycles. The average Bonchev–Trinajstić information content (AvgIpc) is 2.72. The van der Waals surface area contributed by atoms with Gasteiger partial charge < -0.3 is 15.4 Å². The van der Waals surface area contributed by atoms with Crippen molar-refractivity contribution in [2.24, 2.45) is 0 Å². The molecule has 0 aliphatic rings. The summed E-state index contributed by atoms with van der Waals surface area (Å²) in [5.74, 6) is 0.777. The lowest BCUT2D eigenvalue weighted by Crippen LogP contribution is -2.36. The van der Waals surface area contributed by atoms with Crippen LogP contribution >= 0.6 is 0 Å². The van der Waals surface area contributed by atoms with Gasteiger partial charge in [-0.2, -0.15) is 0 Å². The molecule has 0 spiro atoms.